The second-order valence-corrected chi connectivity index (χ2v) is 20.7. The predicted octanol–water partition coefficient (Wildman–Crippen LogP) is 4.17. The van der Waals surface area contributed by atoms with Crippen molar-refractivity contribution in [3.63, 3.8) is 0 Å². The minimum Gasteiger partial charge on any atom is -0.508 e. The SMILES string of the molecule is CCn1c(-c2cccnc2[C@H](C)OC)c2c3cc(ccc31)-c1cc(O)cc(c1)C[C@H](NC(=O)C(C(C)C)N(C)C(=O)CN(C)C(=O)[C@H]1CN1CC(=O)N(C)C)C(=O)N1CCC[C@H](N1)C(=O)OCC(C)(C)C2. The molecular formula is C53H71N9O9. The fourth-order valence-electron chi connectivity index (χ4n) is 9.95. The standard InChI is InChI=1S/C53H71N9O9/c1-12-61-42-18-17-34-25-38(42)39(48(61)37-15-13-19-54-46(37)32(4)70-11)26-53(5,6)30-71-52(69)40-16-14-20-62(56-40)50(67)41(23-33-21-35(34)24-36(63)22-33)55-49(66)47(31(2)3)59(10)45(65)28-58(9)51(68)43-27-60(43)29-44(64)57(7)8/h13,15,17-19,21-22,24-25,31-32,40-41,43,47,56,63H,12,14,16,20,23,26-30H2,1-11H3,(H,55,66)/t32-,40-,41-,43+,47?,60?/m0/s1. The first kappa shape index (κ1) is 52.5. The number of phenols is 1. The van der Waals surface area contributed by atoms with Gasteiger partial charge in [-0.05, 0) is 97.7 Å². The fraction of sp³-hybridized carbons (Fsp3) is 0.528. The topological polar surface area (TPSA) is 199 Å². The summed E-state index contributed by atoms with van der Waals surface area (Å²) in [6.07, 6.45) is 2.85. The number of cyclic esters (lactones) is 1. The Kier molecular flexibility index (Phi) is 15.9. The summed E-state index contributed by atoms with van der Waals surface area (Å²) < 4.78 is 14.2. The van der Waals surface area contributed by atoms with Crippen LogP contribution in [0.4, 0.5) is 0 Å². The zero-order valence-electron chi connectivity index (χ0n) is 43.1. The van der Waals surface area contributed by atoms with Gasteiger partial charge >= 0.3 is 5.97 Å². The van der Waals surface area contributed by atoms with Gasteiger partial charge in [-0.3, -0.25) is 43.7 Å². The summed E-state index contributed by atoms with van der Waals surface area (Å²) in [7, 11) is 7.97. The Bertz CT molecular complexity index is 2680. The van der Waals surface area contributed by atoms with E-state index in [0.717, 1.165) is 39.0 Å². The Morgan fingerprint density at radius 3 is 2.45 bits per heavy atom. The molecule has 0 spiro atoms. The van der Waals surface area contributed by atoms with E-state index in [0.29, 0.717) is 43.5 Å². The highest BCUT2D eigenvalue weighted by molar-refractivity contribution is 5.97. The van der Waals surface area contributed by atoms with Crippen molar-refractivity contribution >= 4 is 46.4 Å². The smallest absolute Gasteiger partial charge is 0.324 e. The van der Waals surface area contributed by atoms with Crippen molar-refractivity contribution in [2.45, 2.75) is 104 Å². The number of pyridine rings is 1. The van der Waals surface area contributed by atoms with Crippen molar-refractivity contribution in [2.75, 3.05) is 68.1 Å². The van der Waals surface area contributed by atoms with E-state index < -0.39 is 59.2 Å². The third-order valence-corrected chi connectivity index (χ3v) is 14.0. The van der Waals surface area contributed by atoms with E-state index in [4.69, 9.17) is 14.5 Å². The average molecular weight is 978 g/mol. The Morgan fingerprint density at radius 2 is 1.76 bits per heavy atom. The van der Waals surface area contributed by atoms with E-state index in [1.807, 2.05) is 25.1 Å². The number of esters is 1. The molecule has 18 heteroatoms. The maximum atomic E-state index is 14.8. The third kappa shape index (κ3) is 11.6. The van der Waals surface area contributed by atoms with Crippen LogP contribution in [0.3, 0.4) is 0 Å². The van der Waals surface area contributed by atoms with Crippen LogP contribution in [-0.4, -0.2) is 167 Å². The summed E-state index contributed by atoms with van der Waals surface area (Å²) in [5.41, 5.74) is 9.36. The first-order valence-corrected chi connectivity index (χ1v) is 24.6. The number of aryl methyl sites for hydroxylation is 1. The highest BCUT2D eigenvalue weighted by atomic mass is 16.5. The van der Waals surface area contributed by atoms with Gasteiger partial charge in [0.25, 0.3) is 5.91 Å². The normalized spacial score (nSPS) is 20.9. The molecule has 6 atom stereocenters. The zero-order chi connectivity index (χ0) is 51.6. The van der Waals surface area contributed by atoms with E-state index in [1.54, 1.807) is 58.3 Å². The van der Waals surface area contributed by atoms with Crippen molar-refractivity contribution in [3.8, 4) is 28.1 Å². The van der Waals surface area contributed by atoms with Gasteiger partial charge in [0.2, 0.25) is 23.6 Å². The van der Waals surface area contributed by atoms with Crippen molar-refractivity contribution in [1.82, 2.24) is 44.9 Å². The van der Waals surface area contributed by atoms with Crippen LogP contribution >= 0.6 is 0 Å². The third-order valence-electron chi connectivity index (χ3n) is 14.0. The van der Waals surface area contributed by atoms with Crippen molar-refractivity contribution in [3.05, 3.63) is 71.5 Å². The molecule has 2 fully saturated rings. The number of likely N-dealkylation sites (N-methyl/N-ethyl adjacent to an activating group) is 3. The van der Waals surface area contributed by atoms with E-state index in [9.17, 15) is 33.9 Å². The number of aromatic hydroxyl groups is 1. The molecule has 5 amide bonds. The summed E-state index contributed by atoms with van der Waals surface area (Å²) >= 11 is 0. The molecule has 0 saturated carbocycles. The second kappa shape index (κ2) is 21.5. The molecule has 4 aromatic rings. The van der Waals surface area contributed by atoms with Crippen molar-refractivity contribution < 1.29 is 43.3 Å². The number of carbonyl (C=O) groups excluding carboxylic acids is 6. The second-order valence-electron chi connectivity index (χ2n) is 20.7. The van der Waals surface area contributed by atoms with Gasteiger partial charge in [-0.25, -0.2) is 5.43 Å². The molecule has 2 saturated heterocycles. The molecule has 0 radical (unpaired) electrons. The highest BCUT2D eigenvalue weighted by Crippen LogP contribution is 2.42. The van der Waals surface area contributed by atoms with E-state index >= 15 is 0 Å². The Hall–Kier alpha value is -6.37. The van der Waals surface area contributed by atoms with Gasteiger partial charge in [0.15, 0.2) is 0 Å². The van der Waals surface area contributed by atoms with Crippen molar-refractivity contribution in [1.29, 1.82) is 0 Å². The lowest BCUT2D eigenvalue weighted by Gasteiger charge is -2.37. The molecule has 3 N–H and O–H groups in total. The van der Waals surface area contributed by atoms with Crippen LogP contribution in [0.25, 0.3) is 33.3 Å². The predicted molar refractivity (Wildman–Crippen MR) is 268 cm³/mol. The molecule has 2 aromatic heterocycles. The van der Waals surface area contributed by atoms with Crippen LogP contribution in [0.2, 0.25) is 0 Å². The number of nitrogens with one attached hydrogen (secondary N) is 2. The number of nitrogens with zero attached hydrogens (tertiary/aromatic N) is 7. The summed E-state index contributed by atoms with van der Waals surface area (Å²) in [5.74, 6) is -3.00. The summed E-state index contributed by atoms with van der Waals surface area (Å²) in [4.78, 5) is 93.2. The van der Waals surface area contributed by atoms with E-state index in [1.165, 1.54) is 33.8 Å². The maximum absolute atomic E-state index is 14.8. The van der Waals surface area contributed by atoms with Crippen LogP contribution in [0.5, 0.6) is 5.75 Å². The molecule has 5 heterocycles. The molecule has 2 unspecified atom stereocenters. The molecule has 3 aliphatic rings. The van der Waals surface area contributed by atoms with Gasteiger partial charge in [0.05, 0.1) is 37.2 Å². The van der Waals surface area contributed by atoms with Gasteiger partial charge in [-0.2, -0.15) is 0 Å². The number of phenolic OH excluding ortho intramolecular Hbond substituents is 1. The van der Waals surface area contributed by atoms with Gasteiger partial charge in [0, 0.05) is 89.4 Å². The number of carbonyl (C=O) groups is 6. The number of hydrogen-bond donors (Lipinski definition) is 3. The number of ether oxygens (including phenoxy) is 2. The first-order chi connectivity index (χ1) is 33.6. The van der Waals surface area contributed by atoms with Crippen LogP contribution in [-0.2, 0) is 57.6 Å². The van der Waals surface area contributed by atoms with E-state index in [2.05, 4.69) is 54.3 Å². The molecule has 71 heavy (non-hydrogen) atoms. The summed E-state index contributed by atoms with van der Waals surface area (Å²) in [6, 6.07) is 11.7. The molecular weight excluding hydrogens is 907 g/mol. The largest absolute Gasteiger partial charge is 0.508 e. The minimum atomic E-state index is -1.21. The quantitative estimate of drug-likeness (QED) is 0.128. The summed E-state index contributed by atoms with van der Waals surface area (Å²) in [6.45, 7) is 13.0. The molecule has 18 nitrogen and oxygen atoms in total. The van der Waals surface area contributed by atoms with Gasteiger partial charge < -0.3 is 39.2 Å². The average Bonchev–Trinajstić information content (AvgIpc) is 4.04. The Labute approximate surface area is 416 Å². The van der Waals surface area contributed by atoms with Crippen LogP contribution in [0.15, 0.2) is 54.7 Å². The number of benzene rings is 2. The first-order valence-electron chi connectivity index (χ1n) is 24.6. The molecule has 0 aliphatic carbocycles. The van der Waals surface area contributed by atoms with Crippen molar-refractivity contribution in [2.24, 2.45) is 11.3 Å². The Balaban J connectivity index is 1.24. The number of amides is 5. The number of fused-ring (bicyclic) bond motifs is 6. The number of hydrazine groups is 1. The lowest BCUT2D eigenvalue weighted by atomic mass is 9.84. The van der Waals surface area contributed by atoms with Crippen LogP contribution in [0, 0.1) is 11.3 Å². The van der Waals surface area contributed by atoms with Gasteiger partial charge in [-0.1, -0.05) is 39.8 Å². The molecule has 6 bridgehead atoms. The highest BCUT2D eigenvalue weighted by Gasteiger charge is 2.44. The van der Waals surface area contributed by atoms with Gasteiger partial charge in [-0.15, -0.1) is 0 Å². The lowest BCUT2D eigenvalue weighted by molar-refractivity contribution is -0.155. The molecule has 382 valence electrons. The number of aromatic nitrogens is 2. The summed E-state index contributed by atoms with van der Waals surface area (Å²) in [5, 5.41) is 16.7. The monoisotopic (exact) mass is 978 g/mol. The van der Waals surface area contributed by atoms with E-state index in [-0.39, 0.29) is 56.3 Å². The van der Waals surface area contributed by atoms with Crippen LogP contribution < -0.4 is 10.7 Å². The molecule has 7 rings (SSSR count). The molecule has 3 aliphatic heterocycles. The number of methoxy groups -OCH3 is 1. The minimum absolute atomic E-state index is 0.0344. The molecule has 2 aromatic carbocycles. The maximum Gasteiger partial charge on any atom is 0.324 e. The fourth-order valence-corrected chi connectivity index (χ4v) is 9.95. The van der Waals surface area contributed by atoms with Gasteiger partial charge in [0.1, 0.15) is 29.9 Å². The lowest BCUT2D eigenvalue weighted by Crippen LogP contribution is -2.62. The van der Waals surface area contributed by atoms with Crippen LogP contribution in [0.1, 0.15) is 77.3 Å². The number of rotatable bonds is 13. The number of hydrogen-bond acceptors (Lipinski definition) is 12. The zero-order valence-corrected chi connectivity index (χ0v) is 43.1. The Morgan fingerprint density at radius 1 is 1.01 bits per heavy atom.